The Morgan fingerprint density at radius 3 is 2.42 bits per heavy atom. The van der Waals surface area contributed by atoms with E-state index in [1.165, 1.54) is 0 Å². The third-order valence-corrected chi connectivity index (χ3v) is 4.03. The molecule has 2 rings (SSSR count). The summed E-state index contributed by atoms with van der Waals surface area (Å²) in [5.74, 6) is 0. The van der Waals surface area contributed by atoms with Crippen LogP contribution in [0.3, 0.4) is 0 Å². The molecule has 102 valence electrons. The lowest BCUT2D eigenvalue weighted by atomic mass is 9.90. The van der Waals surface area contributed by atoms with Crippen LogP contribution in [-0.2, 0) is 5.41 Å². The Bertz CT molecular complexity index is 616. The molecule has 0 radical (unpaired) electrons. The van der Waals surface area contributed by atoms with Gasteiger partial charge in [0.25, 0.3) is 0 Å². The van der Waals surface area contributed by atoms with Crippen molar-refractivity contribution in [3.05, 3.63) is 32.8 Å². The van der Waals surface area contributed by atoms with E-state index in [1.54, 1.807) is 0 Å². The summed E-state index contributed by atoms with van der Waals surface area (Å²) in [6.45, 7) is 9.56. The average Bonchev–Trinajstić information content (AvgIpc) is 2.28. The number of nitrogens with zero attached hydrogens (tertiary/aromatic N) is 1. The zero-order valence-corrected chi connectivity index (χ0v) is 14.8. The van der Waals surface area contributed by atoms with Gasteiger partial charge in [0.2, 0.25) is 0 Å². The van der Waals surface area contributed by atoms with Crippen molar-refractivity contribution in [1.29, 1.82) is 0 Å². The highest BCUT2D eigenvalue weighted by molar-refractivity contribution is 9.11. The monoisotopic (exact) mass is 384 g/mol. The molecule has 0 aliphatic heterocycles. The van der Waals surface area contributed by atoms with E-state index in [1.807, 2.05) is 6.07 Å². The lowest BCUT2D eigenvalue weighted by molar-refractivity contribution is 0.571. The van der Waals surface area contributed by atoms with Gasteiger partial charge in [0.15, 0.2) is 0 Å². The number of nitrogens with one attached hydrogen (secondary N) is 1. The molecule has 0 amide bonds. The zero-order chi connectivity index (χ0) is 14.2. The Morgan fingerprint density at radius 2 is 1.84 bits per heavy atom. The number of hydrogen-bond donors (Lipinski definition) is 1. The normalized spacial score (nSPS) is 11.9. The number of hydrogen-bond acceptors (Lipinski definition) is 2. The summed E-state index contributed by atoms with van der Waals surface area (Å²) in [7, 11) is 0. The molecule has 0 saturated heterocycles. The topological polar surface area (TPSA) is 24.9 Å². The fraction of sp³-hybridized carbons (Fsp3) is 0.400. The number of aromatic nitrogens is 1. The molecular formula is C15H18Br2N2. The Morgan fingerprint density at radius 1 is 1.16 bits per heavy atom. The van der Waals surface area contributed by atoms with Crippen molar-refractivity contribution in [2.75, 3.05) is 11.9 Å². The SMILES string of the molecule is CCNc1cc(C(C)(C)C)nc2c(Br)cc(Br)cc12. The first-order valence-electron chi connectivity index (χ1n) is 6.37. The fourth-order valence-electron chi connectivity index (χ4n) is 1.97. The van der Waals surface area contributed by atoms with Crippen LogP contribution in [0.2, 0.25) is 0 Å². The molecular weight excluding hydrogens is 368 g/mol. The van der Waals surface area contributed by atoms with Gasteiger partial charge in [-0.25, -0.2) is 0 Å². The van der Waals surface area contributed by atoms with Gasteiger partial charge in [0.05, 0.1) is 5.52 Å². The number of benzene rings is 1. The Labute approximate surface area is 131 Å². The largest absolute Gasteiger partial charge is 0.385 e. The first-order valence-corrected chi connectivity index (χ1v) is 7.95. The molecule has 0 spiro atoms. The van der Waals surface area contributed by atoms with Gasteiger partial charge in [-0.05, 0) is 41.1 Å². The Kier molecular flexibility index (Phi) is 4.21. The second-order valence-corrected chi connectivity index (χ2v) is 7.39. The maximum atomic E-state index is 4.82. The van der Waals surface area contributed by atoms with Crippen molar-refractivity contribution in [3.63, 3.8) is 0 Å². The molecule has 0 aliphatic carbocycles. The van der Waals surface area contributed by atoms with E-state index in [-0.39, 0.29) is 5.41 Å². The highest BCUT2D eigenvalue weighted by Gasteiger charge is 2.19. The first kappa shape index (κ1) is 14.8. The first-order chi connectivity index (χ1) is 8.82. The summed E-state index contributed by atoms with van der Waals surface area (Å²) in [6.07, 6.45) is 0. The van der Waals surface area contributed by atoms with Crippen molar-refractivity contribution < 1.29 is 0 Å². The molecule has 19 heavy (non-hydrogen) atoms. The van der Waals surface area contributed by atoms with E-state index in [4.69, 9.17) is 4.98 Å². The van der Waals surface area contributed by atoms with Crippen molar-refractivity contribution >= 4 is 48.5 Å². The van der Waals surface area contributed by atoms with Crippen LogP contribution in [0.4, 0.5) is 5.69 Å². The summed E-state index contributed by atoms with van der Waals surface area (Å²) in [5, 5.41) is 4.57. The third kappa shape index (κ3) is 3.11. The lowest BCUT2D eigenvalue weighted by Crippen LogP contribution is -2.14. The Hall–Kier alpha value is -0.610. The van der Waals surface area contributed by atoms with E-state index in [2.05, 4.69) is 77.0 Å². The Balaban J connectivity index is 2.79. The van der Waals surface area contributed by atoms with Crippen molar-refractivity contribution in [1.82, 2.24) is 4.98 Å². The van der Waals surface area contributed by atoms with Crippen molar-refractivity contribution in [3.8, 4) is 0 Å². The molecule has 2 nitrogen and oxygen atoms in total. The summed E-state index contributed by atoms with van der Waals surface area (Å²) < 4.78 is 2.07. The van der Waals surface area contributed by atoms with Gasteiger partial charge in [0.1, 0.15) is 0 Å². The molecule has 0 unspecified atom stereocenters. The number of pyridine rings is 1. The molecule has 0 aliphatic rings. The molecule has 1 N–H and O–H groups in total. The van der Waals surface area contributed by atoms with E-state index in [0.29, 0.717) is 0 Å². The van der Waals surface area contributed by atoms with Crippen molar-refractivity contribution in [2.24, 2.45) is 0 Å². The molecule has 1 aromatic carbocycles. The van der Waals surface area contributed by atoms with Crippen LogP contribution in [0.1, 0.15) is 33.4 Å². The molecule has 0 bridgehead atoms. The van der Waals surface area contributed by atoms with E-state index >= 15 is 0 Å². The summed E-state index contributed by atoms with van der Waals surface area (Å²) in [5.41, 5.74) is 3.27. The van der Waals surface area contributed by atoms with Crippen LogP contribution in [0.25, 0.3) is 10.9 Å². The molecule has 0 fully saturated rings. The minimum atomic E-state index is 0.0326. The maximum Gasteiger partial charge on any atom is 0.0869 e. The van der Waals surface area contributed by atoms with Crippen LogP contribution in [0.5, 0.6) is 0 Å². The van der Waals surface area contributed by atoms with E-state index in [0.717, 1.165) is 37.8 Å². The van der Waals surface area contributed by atoms with Crippen LogP contribution < -0.4 is 5.32 Å². The molecule has 0 atom stereocenters. The number of fused-ring (bicyclic) bond motifs is 1. The van der Waals surface area contributed by atoms with Gasteiger partial charge in [-0.3, -0.25) is 4.98 Å². The molecule has 1 aromatic heterocycles. The van der Waals surface area contributed by atoms with Gasteiger partial charge < -0.3 is 5.32 Å². The minimum Gasteiger partial charge on any atom is -0.385 e. The molecule has 4 heteroatoms. The van der Waals surface area contributed by atoms with Gasteiger partial charge in [-0.15, -0.1) is 0 Å². The zero-order valence-electron chi connectivity index (χ0n) is 11.6. The third-order valence-electron chi connectivity index (χ3n) is 2.97. The van der Waals surface area contributed by atoms with Crippen LogP contribution in [0, 0.1) is 0 Å². The maximum absolute atomic E-state index is 4.82. The van der Waals surface area contributed by atoms with Crippen LogP contribution >= 0.6 is 31.9 Å². The highest BCUT2D eigenvalue weighted by Crippen LogP contribution is 2.34. The fourth-order valence-corrected chi connectivity index (χ4v) is 3.29. The standard InChI is InChI=1S/C15H18Br2N2/c1-5-18-12-8-13(15(2,3)4)19-14-10(12)6-9(16)7-11(14)17/h6-8H,5H2,1-4H3,(H,18,19). The number of halogens is 2. The van der Waals surface area contributed by atoms with Crippen LogP contribution in [0.15, 0.2) is 27.1 Å². The molecule has 0 saturated carbocycles. The van der Waals surface area contributed by atoms with E-state index < -0.39 is 0 Å². The van der Waals surface area contributed by atoms with Crippen LogP contribution in [-0.4, -0.2) is 11.5 Å². The predicted molar refractivity (Wildman–Crippen MR) is 90.0 cm³/mol. The summed E-state index contributed by atoms with van der Waals surface area (Å²) in [6, 6.07) is 6.31. The van der Waals surface area contributed by atoms with Gasteiger partial charge in [0, 0.05) is 37.7 Å². The molecule has 2 aromatic rings. The smallest absolute Gasteiger partial charge is 0.0869 e. The van der Waals surface area contributed by atoms with Gasteiger partial charge >= 0.3 is 0 Å². The van der Waals surface area contributed by atoms with Gasteiger partial charge in [-0.1, -0.05) is 36.7 Å². The second-order valence-electron chi connectivity index (χ2n) is 5.62. The quantitative estimate of drug-likeness (QED) is 0.739. The van der Waals surface area contributed by atoms with Gasteiger partial charge in [-0.2, -0.15) is 0 Å². The molecule has 1 heterocycles. The second kappa shape index (κ2) is 5.41. The predicted octanol–water partition coefficient (Wildman–Crippen LogP) is 5.49. The number of anilines is 1. The summed E-state index contributed by atoms with van der Waals surface area (Å²) >= 11 is 7.15. The van der Waals surface area contributed by atoms with E-state index in [9.17, 15) is 0 Å². The lowest BCUT2D eigenvalue weighted by Gasteiger charge is -2.21. The van der Waals surface area contributed by atoms with Crippen molar-refractivity contribution in [2.45, 2.75) is 33.1 Å². The average molecular weight is 386 g/mol. The summed E-state index contributed by atoms with van der Waals surface area (Å²) in [4.78, 5) is 4.82. The minimum absolute atomic E-state index is 0.0326. The number of rotatable bonds is 2. The highest BCUT2D eigenvalue weighted by atomic mass is 79.9.